The first-order chi connectivity index (χ1) is 9.97. The molecule has 0 bridgehead atoms. The van der Waals surface area contributed by atoms with Crippen LogP contribution in [0.2, 0.25) is 0 Å². The normalized spacial score (nSPS) is 8.86. The highest BCUT2D eigenvalue weighted by molar-refractivity contribution is 5.89. The van der Waals surface area contributed by atoms with Gasteiger partial charge in [-0.05, 0) is 12.0 Å². The van der Waals surface area contributed by atoms with Gasteiger partial charge in [0, 0.05) is 18.8 Å². The summed E-state index contributed by atoms with van der Waals surface area (Å²) in [5.41, 5.74) is 1.17. The Labute approximate surface area is 124 Å². The second-order valence-electron chi connectivity index (χ2n) is 3.70. The molecule has 0 aromatic heterocycles. The Kier molecular flexibility index (Phi) is 15.6. The van der Waals surface area contributed by atoms with E-state index in [1.54, 1.807) is 0 Å². The van der Waals surface area contributed by atoms with Crippen LogP contribution in [0.1, 0.15) is 25.3 Å². The molecule has 1 rings (SSSR count). The Morgan fingerprint density at radius 3 is 1.76 bits per heavy atom. The number of benzene rings is 1. The molecule has 0 atom stereocenters. The van der Waals surface area contributed by atoms with Gasteiger partial charge in [-0.15, -0.1) is 0 Å². The van der Waals surface area contributed by atoms with Gasteiger partial charge in [0.25, 0.3) is 0 Å². The highest BCUT2D eigenvalue weighted by Gasteiger charge is 1.88. The molecule has 3 N–H and O–H groups in total. The Balaban J connectivity index is 0. The van der Waals surface area contributed by atoms with Crippen LogP contribution in [0.4, 0.5) is 0 Å². The van der Waals surface area contributed by atoms with Gasteiger partial charge < -0.3 is 15.3 Å². The van der Waals surface area contributed by atoms with Crippen molar-refractivity contribution in [3.8, 4) is 0 Å². The number of carbonyl (C=O) groups is 2. The van der Waals surface area contributed by atoms with Gasteiger partial charge >= 0.3 is 11.9 Å². The third-order valence-electron chi connectivity index (χ3n) is 1.92. The van der Waals surface area contributed by atoms with Gasteiger partial charge in [0.05, 0.1) is 0 Å². The number of unbranched alkanes of at least 4 members (excludes halogenated alkanes) is 1. The summed E-state index contributed by atoms with van der Waals surface area (Å²) in [6.07, 6.45) is 4.99. The average Bonchev–Trinajstić information content (AvgIpc) is 2.48. The quantitative estimate of drug-likeness (QED) is 0.726. The maximum absolute atomic E-state index is 9.55. The second kappa shape index (κ2) is 15.7. The molecule has 5 nitrogen and oxygen atoms in total. The van der Waals surface area contributed by atoms with E-state index in [0.29, 0.717) is 18.8 Å². The largest absolute Gasteiger partial charge is 0.478 e. The van der Waals surface area contributed by atoms with Crippen molar-refractivity contribution in [3.05, 3.63) is 54.6 Å². The van der Waals surface area contributed by atoms with Crippen molar-refractivity contribution in [3.63, 3.8) is 0 Å². The molecule has 0 aliphatic carbocycles. The maximum Gasteiger partial charge on any atom is 0.328 e. The van der Waals surface area contributed by atoms with Gasteiger partial charge in [-0.1, -0.05) is 56.3 Å². The monoisotopic (exact) mass is 294 g/mol. The van der Waals surface area contributed by atoms with Gasteiger partial charge in [-0.2, -0.15) is 0 Å². The van der Waals surface area contributed by atoms with Gasteiger partial charge in [0.1, 0.15) is 0 Å². The number of rotatable bonds is 5. The van der Waals surface area contributed by atoms with Crippen LogP contribution >= 0.6 is 0 Å². The van der Waals surface area contributed by atoms with Crippen LogP contribution in [0, 0.1) is 0 Å². The van der Waals surface area contributed by atoms with Crippen LogP contribution in [0.5, 0.6) is 0 Å². The standard InChI is InChI=1S/C8H8.C4H4O4.C4H10O/c1-2-8-6-4-3-5-7-8;5-3(6)1-2-4(7)8;1-2-3-4-5/h2-7H,1H2;1-2H,(H,5,6)(H,7,8);5H,2-4H2,1H3/b;2-1-;. The summed E-state index contributed by atoms with van der Waals surface area (Å²) >= 11 is 0. The van der Waals surface area contributed by atoms with Crippen molar-refractivity contribution in [2.24, 2.45) is 0 Å². The predicted molar refractivity (Wildman–Crippen MR) is 82.9 cm³/mol. The number of carboxylic acid groups (broad SMARTS) is 2. The molecule has 0 saturated carbocycles. The summed E-state index contributed by atoms with van der Waals surface area (Å²) in [5, 5.41) is 23.7. The predicted octanol–water partition coefficient (Wildman–Crippen LogP) is 2.82. The Hall–Kier alpha value is -2.40. The van der Waals surface area contributed by atoms with E-state index in [1.165, 1.54) is 5.56 Å². The van der Waals surface area contributed by atoms with Crippen LogP contribution in [0.15, 0.2) is 49.1 Å². The molecule has 0 heterocycles. The van der Waals surface area contributed by atoms with E-state index in [9.17, 15) is 9.59 Å². The van der Waals surface area contributed by atoms with E-state index in [-0.39, 0.29) is 0 Å². The Morgan fingerprint density at radius 2 is 1.57 bits per heavy atom. The summed E-state index contributed by atoms with van der Waals surface area (Å²) in [4.78, 5) is 19.1. The highest BCUT2D eigenvalue weighted by atomic mass is 16.4. The molecule has 21 heavy (non-hydrogen) atoms. The fourth-order valence-corrected chi connectivity index (χ4v) is 0.890. The molecule has 1 aromatic rings. The summed E-state index contributed by atoms with van der Waals surface area (Å²) < 4.78 is 0. The molecule has 0 aliphatic heterocycles. The molecule has 1 aromatic carbocycles. The summed E-state index contributed by atoms with van der Waals surface area (Å²) in [5.74, 6) is -2.51. The van der Waals surface area contributed by atoms with Crippen LogP contribution < -0.4 is 0 Å². The number of aliphatic hydroxyl groups excluding tert-OH is 1. The van der Waals surface area contributed by atoms with Crippen LogP contribution in [-0.4, -0.2) is 33.9 Å². The number of hydrogen-bond donors (Lipinski definition) is 3. The highest BCUT2D eigenvalue weighted by Crippen LogP contribution is 1.97. The van der Waals surface area contributed by atoms with Gasteiger partial charge in [-0.3, -0.25) is 0 Å². The summed E-state index contributed by atoms with van der Waals surface area (Å²) in [7, 11) is 0. The summed E-state index contributed by atoms with van der Waals surface area (Å²) in [6.45, 7) is 6.03. The van der Waals surface area contributed by atoms with Gasteiger partial charge in [0.2, 0.25) is 0 Å². The third kappa shape index (κ3) is 20.1. The molecule has 0 fully saturated rings. The third-order valence-corrected chi connectivity index (χ3v) is 1.92. The second-order valence-corrected chi connectivity index (χ2v) is 3.70. The van der Waals surface area contributed by atoms with Crippen molar-refractivity contribution in [1.29, 1.82) is 0 Å². The van der Waals surface area contributed by atoms with Crippen molar-refractivity contribution in [2.45, 2.75) is 19.8 Å². The van der Waals surface area contributed by atoms with Crippen molar-refractivity contribution >= 4 is 18.0 Å². The SMILES string of the molecule is C=Cc1ccccc1.CCCCO.O=C(O)/C=C\C(=O)O. The molecule has 0 aliphatic rings. The Bertz CT molecular complexity index is 406. The van der Waals surface area contributed by atoms with E-state index >= 15 is 0 Å². The number of carboxylic acids is 2. The molecule has 0 unspecified atom stereocenters. The van der Waals surface area contributed by atoms with Crippen molar-refractivity contribution < 1.29 is 24.9 Å². The van der Waals surface area contributed by atoms with Gasteiger partial charge in [0.15, 0.2) is 0 Å². The van der Waals surface area contributed by atoms with Gasteiger partial charge in [-0.25, -0.2) is 9.59 Å². The lowest BCUT2D eigenvalue weighted by Crippen LogP contribution is -1.91. The minimum Gasteiger partial charge on any atom is -0.478 e. The first-order valence-corrected chi connectivity index (χ1v) is 6.40. The van der Waals surface area contributed by atoms with E-state index < -0.39 is 11.9 Å². The maximum atomic E-state index is 9.55. The lowest BCUT2D eigenvalue weighted by Gasteiger charge is -1.85. The van der Waals surface area contributed by atoms with E-state index in [1.807, 2.05) is 36.4 Å². The topological polar surface area (TPSA) is 94.8 Å². The molecular weight excluding hydrogens is 272 g/mol. The van der Waals surface area contributed by atoms with E-state index in [0.717, 1.165) is 12.8 Å². The number of aliphatic carboxylic acids is 2. The lowest BCUT2D eigenvalue weighted by atomic mass is 10.2. The fraction of sp³-hybridized carbons (Fsp3) is 0.250. The van der Waals surface area contributed by atoms with Crippen LogP contribution in [-0.2, 0) is 9.59 Å². The fourth-order valence-electron chi connectivity index (χ4n) is 0.890. The zero-order valence-electron chi connectivity index (χ0n) is 12.1. The van der Waals surface area contributed by atoms with Crippen LogP contribution in [0.25, 0.3) is 6.08 Å². The van der Waals surface area contributed by atoms with Crippen molar-refractivity contribution in [1.82, 2.24) is 0 Å². The minimum absolute atomic E-state index is 0.344. The molecular formula is C16H22O5. The molecule has 0 amide bonds. The average molecular weight is 294 g/mol. The smallest absolute Gasteiger partial charge is 0.328 e. The lowest BCUT2D eigenvalue weighted by molar-refractivity contribution is -0.134. The zero-order chi connectivity index (χ0) is 16.5. The first-order valence-electron chi connectivity index (χ1n) is 6.40. The van der Waals surface area contributed by atoms with Crippen LogP contribution in [0.3, 0.4) is 0 Å². The molecule has 5 heteroatoms. The zero-order valence-corrected chi connectivity index (χ0v) is 12.1. The summed E-state index contributed by atoms with van der Waals surface area (Å²) in [6, 6.07) is 10.0. The first kappa shape index (κ1) is 20.9. The Morgan fingerprint density at radius 1 is 1.10 bits per heavy atom. The van der Waals surface area contributed by atoms with E-state index in [2.05, 4.69) is 13.5 Å². The molecule has 0 saturated heterocycles. The van der Waals surface area contributed by atoms with Crippen molar-refractivity contribution in [2.75, 3.05) is 6.61 Å². The number of hydrogen-bond acceptors (Lipinski definition) is 3. The molecule has 0 spiro atoms. The number of aliphatic hydroxyl groups is 1. The minimum atomic E-state index is -1.26. The van der Waals surface area contributed by atoms with E-state index in [4.69, 9.17) is 15.3 Å². The molecule has 0 radical (unpaired) electrons. The molecule has 116 valence electrons.